The molecule has 2 heterocycles. The van der Waals surface area contributed by atoms with Crippen LogP contribution in [0.15, 0.2) is 72.1 Å². The molecule has 4 rings (SSSR count). The average molecular weight is 449 g/mol. The smallest absolute Gasteiger partial charge is 0.339 e. The van der Waals surface area contributed by atoms with Gasteiger partial charge in [-0.25, -0.2) is 14.2 Å². The van der Waals surface area contributed by atoms with E-state index < -0.39 is 24.4 Å². The minimum absolute atomic E-state index is 0.213. The number of carbonyl (C=O) groups excluding carboxylic acids is 3. The molecule has 0 saturated heterocycles. The van der Waals surface area contributed by atoms with Crippen LogP contribution in [0.25, 0.3) is 22.2 Å². The Morgan fingerprint density at radius 1 is 0.969 bits per heavy atom. The maximum atomic E-state index is 13.3. The van der Waals surface area contributed by atoms with Crippen LogP contribution in [0, 0.1) is 5.82 Å². The van der Waals surface area contributed by atoms with E-state index in [1.54, 1.807) is 53.9 Å². The molecule has 0 spiro atoms. The van der Waals surface area contributed by atoms with Gasteiger partial charge in [0.15, 0.2) is 6.61 Å². The number of halogens is 1. The molecule has 4 aromatic rings. The lowest BCUT2D eigenvalue weighted by atomic mass is 10.0. The molecular formula is C23H16FN3O4S. The predicted octanol–water partition coefficient (Wildman–Crippen LogP) is 3.72. The fourth-order valence-corrected chi connectivity index (χ4v) is 3.57. The van der Waals surface area contributed by atoms with Crippen molar-refractivity contribution in [1.29, 1.82) is 0 Å². The first kappa shape index (κ1) is 21.1. The number of thiophene rings is 1. The van der Waals surface area contributed by atoms with Crippen LogP contribution < -0.4 is 10.9 Å². The molecule has 2 aromatic heterocycles. The van der Waals surface area contributed by atoms with Crippen molar-refractivity contribution in [3.63, 3.8) is 0 Å². The highest BCUT2D eigenvalue weighted by Gasteiger charge is 2.17. The molecule has 32 heavy (non-hydrogen) atoms. The van der Waals surface area contributed by atoms with Gasteiger partial charge in [-0.05, 0) is 47.8 Å². The molecule has 0 unspecified atom stereocenters. The number of para-hydroxylation sites is 1. The van der Waals surface area contributed by atoms with Crippen molar-refractivity contribution in [3.05, 3.63) is 88.4 Å². The third-order valence-corrected chi connectivity index (χ3v) is 5.34. The topological polar surface area (TPSA) is 97.4 Å². The van der Waals surface area contributed by atoms with Crippen LogP contribution >= 0.6 is 11.3 Å². The summed E-state index contributed by atoms with van der Waals surface area (Å²) in [4.78, 5) is 41.6. The zero-order valence-electron chi connectivity index (χ0n) is 16.5. The molecule has 0 radical (unpaired) electrons. The van der Waals surface area contributed by atoms with E-state index >= 15 is 0 Å². The lowest BCUT2D eigenvalue weighted by Gasteiger charge is -2.11. The SMILES string of the molecule is O=C(COC(=O)c1cc(-c2ccc(F)cc2)nc2ccccc12)NNC(=O)c1cccs1. The number of pyridine rings is 1. The molecule has 160 valence electrons. The highest BCUT2D eigenvalue weighted by atomic mass is 32.1. The van der Waals surface area contributed by atoms with Crippen molar-refractivity contribution in [2.24, 2.45) is 0 Å². The summed E-state index contributed by atoms with van der Waals surface area (Å²) in [7, 11) is 0. The Labute approximate surface area is 185 Å². The van der Waals surface area contributed by atoms with Crippen LogP contribution in [0.4, 0.5) is 4.39 Å². The number of nitrogens with zero attached hydrogens (tertiary/aromatic N) is 1. The Hall–Kier alpha value is -4.11. The maximum absolute atomic E-state index is 13.3. The van der Waals surface area contributed by atoms with E-state index in [0.29, 0.717) is 27.0 Å². The van der Waals surface area contributed by atoms with Crippen LogP contribution in [0.1, 0.15) is 20.0 Å². The molecule has 0 fully saturated rings. The third kappa shape index (κ3) is 4.79. The Kier molecular flexibility index (Phi) is 6.18. The van der Waals surface area contributed by atoms with Crippen molar-refractivity contribution in [1.82, 2.24) is 15.8 Å². The number of amides is 2. The van der Waals surface area contributed by atoms with Gasteiger partial charge in [-0.1, -0.05) is 24.3 Å². The molecule has 0 saturated carbocycles. The summed E-state index contributed by atoms with van der Waals surface area (Å²) in [6.45, 7) is -0.591. The van der Waals surface area contributed by atoms with E-state index in [0.717, 1.165) is 0 Å². The summed E-state index contributed by atoms with van der Waals surface area (Å²) >= 11 is 1.22. The van der Waals surface area contributed by atoms with Gasteiger partial charge >= 0.3 is 5.97 Å². The van der Waals surface area contributed by atoms with Gasteiger partial charge < -0.3 is 4.74 Å². The molecule has 9 heteroatoms. The van der Waals surface area contributed by atoms with Crippen LogP contribution in [-0.4, -0.2) is 29.4 Å². The zero-order chi connectivity index (χ0) is 22.5. The van der Waals surface area contributed by atoms with Gasteiger partial charge in [0.05, 0.1) is 21.7 Å². The summed E-state index contributed by atoms with van der Waals surface area (Å²) in [5.74, 6) is -2.28. The highest BCUT2D eigenvalue weighted by Crippen LogP contribution is 2.25. The van der Waals surface area contributed by atoms with E-state index in [4.69, 9.17) is 4.74 Å². The Balaban J connectivity index is 1.48. The van der Waals surface area contributed by atoms with Gasteiger partial charge in [0.25, 0.3) is 11.8 Å². The number of fused-ring (bicyclic) bond motifs is 1. The van der Waals surface area contributed by atoms with Gasteiger partial charge in [0.2, 0.25) is 0 Å². The summed E-state index contributed by atoms with van der Waals surface area (Å²) in [6.07, 6.45) is 0. The van der Waals surface area contributed by atoms with E-state index in [1.807, 2.05) is 0 Å². The Morgan fingerprint density at radius 2 is 1.75 bits per heavy atom. The number of ether oxygens (including phenoxy) is 1. The van der Waals surface area contributed by atoms with Crippen molar-refractivity contribution in [3.8, 4) is 11.3 Å². The number of rotatable bonds is 5. The predicted molar refractivity (Wildman–Crippen MR) is 117 cm³/mol. The quantitative estimate of drug-likeness (QED) is 0.358. The number of hydrazine groups is 1. The molecule has 2 N–H and O–H groups in total. The van der Waals surface area contributed by atoms with Crippen LogP contribution in [0.2, 0.25) is 0 Å². The lowest BCUT2D eigenvalue weighted by molar-refractivity contribution is -0.125. The van der Waals surface area contributed by atoms with Crippen molar-refractivity contribution in [2.75, 3.05) is 6.61 Å². The van der Waals surface area contributed by atoms with Gasteiger partial charge in [0.1, 0.15) is 5.82 Å². The molecule has 0 aliphatic carbocycles. The monoisotopic (exact) mass is 449 g/mol. The Bertz CT molecular complexity index is 1290. The van der Waals surface area contributed by atoms with Crippen molar-refractivity contribution < 1.29 is 23.5 Å². The molecule has 7 nitrogen and oxygen atoms in total. The normalized spacial score (nSPS) is 10.5. The first-order valence-electron chi connectivity index (χ1n) is 9.47. The third-order valence-electron chi connectivity index (χ3n) is 4.47. The fourth-order valence-electron chi connectivity index (χ4n) is 2.95. The summed E-state index contributed by atoms with van der Waals surface area (Å²) in [6, 6.07) is 17.6. The number of nitrogens with one attached hydrogen (secondary N) is 2. The maximum Gasteiger partial charge on any atom is 0.339 e. The largest absolute Gasteiger partial charge is 0.452 e. The average Bonchev–Trinajstić information content (AvgIpc) is 3.36. The molecule has 2 aromatic carbocycles. The minimum atomic E-state index is -0.730. The Morgan fingerprint density at radius 3 is 2.50 bits per heavy atom. The van der Waals surface area contributed by atoms with Gasteiger partial charge in [-0.15, -0.1) is 11.3 Å². The second-order valence-electron chi connectivity index (χ2n) is 6.63. The summed E-state index contributed by atoms with van der Waals surface area (Å²) < 4.78 is 18.4. The second-order valence-corrected chi connectivity index (χ2v) is 7.58. The molecule has 0 aliphatic heterocycles. The van der Waals surface area contributed by atoms with Gasteiger partial charge in [-0.3, -0.25) is 20.4 Å². The lowest BCUT2D eigenvalue weighted by Crippen LogP contribution is -2.43. The first-order chi connectivity index (χ1) is 15.5. The van der Waals surface area contributed by atoms with Crippen molar-refractivity contribution >= 4 is 40.0 Å². The van der Waals surface area contributed by atoms with E-state index in [2.05, 4.69) is 15.8 Å². The van der Waals surface area contributed by atoms with E-state index in [9.17, 15) is 18.8 Å². The van der Waals surface area contributed by atoms with E-state index in [1.165, 1.54) is 29.5 Å². The van der Waals surface area contributed by atoms with Crippen LogP contribution in [0.5, 0.6) is 0 Å². The zero-order valence-corrected chi connectivity index (χ0v) is 17.3. The second kappa shape index (κ2) is 9.36. The number of hydrogen-bond acceptors (Lipinski definition) is 6. The first-order valence-corrected chi connectivity index (χ1v) is 10.3. The van der Waals surface area contributed by atoms with Crippen LogP contribution in [0.3, 0.4) is 0 Å². The van der Waals surface area contributed by atoms with Gasteiger partial charge in [-0.2, -0.15) is 0 Å². The van der Waals surface area contributed by atoms with Crippen molar-refractivity contribution in [2.45, 2.75) is 0 Å². The summed E-state index contributed by atoms with van der Waals surface area (Å²) in [5, 5.41) is 2.28. The number of carbonyl (C=O) groups is 3. The molecule has 0 atom stereocenters. The standard InChI is InChI=1S/C23H16FN3O4S/c24-15-9-7-14(8-10-15)19-12-17(16-4-1-2-5-18(16)25-19)23(30)31-13-21(28)26-27-22(29)20-6-3-11-32-20/h1-12H,13H2,(H,26,28)(H,27,29). The van der Waals surface area contributed by atoms with Gasteiger partial charge in [0, 0.05) is 10.9 Å². The molecule has 2 amide bonds. The highest BCUT2D eigenvalue weighted by molar-refractivity contribution is 7.12. The number of esters is 1. The molecule has 0 aliphatic rings. The fraction of sp³-hybridized carbons (Fsp3) is 0.0435. The van der Waals surface area contributed by atoms with Crippen LogP contribution in [-0.2, 0) is 9.53 Å². The molecule has 0 bridgehead atoms. The number of benzene rings is 2. The summed E-state index contributed by atoms with van der Waals surface area (Å²) in [5.41, 5.74) is 6.30. The molecular weight excluding hydrogens is 433 g/mol. The minimum Gasteiger partial charge on any atom is -0.452 e. The number of aromatic nitrogens is 1. The number of hydrogen-bond donors (Lipinski definition) is 2. The van der Waals surface area contributed by atoms with E-state index in [-0.39, 0.29) is 11.4 Å².